The van der Waals surface area contributed by atoms with Gasteiger partial charge in [-0.05, 0) is 50.3 Å². The van der Waals surface area contributed by atoms with Crippen LogP contribution in [0, 0.1) is 5.92 Å². The molecule has 1 fully saturated rings. The predicted octanol–water partition coefficient (Wildman–Crippen LogP) is 1.68. The monoisotopic (exact) mass is 303 g/mol. The summed E-state index contributed by atoms with van der Waals surface area (Å²) in [5, 5.41) is 5.85. The summed E-state index contributed by atoms with van der Waals surface area (Å²) in [5.74, 6) is 0.128. The second-order valence-electron chi connectivity index (χ2n) is 6.19. The largest absolute Gasteiger partial charge is 0.352 e. The Morgan fingerprint density at radius 3 is 2.45 bits per heavy atom. The Balaban J connectivity index is 2.08. The van der Waals surface area contributed by atoms with Crippen molar-refractivity contribution in [3.8, 4) is 0 Å². The molecule has 2 amide bonds. The molecule has 22 heavy (non-hydrogen) atoms. The van der Waals surface area contributed by atoms with Crippen LogP contribution >= 0.6 is 0 Å². The maximum atomic E-state index is 12.4. The minimum absolute atomic E-state index is 0.153. The van der Waals surface area contributed by atoms with Crippen LogP contribution < -0.4 is 16.4 Å². The molecule has 0 spiro atoms. The van der Waals surface area contributed by atoms with Crippen molar-refractivity contribution in [1.82, 2.24) is 10.6 Å². The molecule has 1 atom stereocenters. The van der Waals surface area contributed by atoms with E-state index in [1.807, 2.05) is 13.8 Å². The molecule has 1 unspecified atom stereocenters. The van der Waals surface area contributed by atoms with Crippen molar-refractivity contribution >= 4 is 11.8 Å². The SMILES string of the molecule is CCCNC(=O)c1cccc(C(=O)NC(C)(CN)C2CC2)c1. The number of hydrogen-bond donors (Lipinski definition) is 3. The average Bonchev–Trinajstić information content (AvgIpc) is 3.37. The molecule has 0 heterocycles. The van der Waals surface area contributed by atoms with Gasteiger partial charge in [-0.3, -0.25) is 9.59 Å². The number of nitrogens with two attached hydrogens (primary N) is 1. The van der Waals surface area contributed by atoms with Gasteiger partial charge < -0.3 is 16.4 Å². The molecule has 2 rings (SSSR count). The van der Waals surface area contributed by atoms with E-state index in [0.29, 0.717) is 30.1 Å². The lowest BCUT2D eigenvalue weighted by atomic mass is 9.95. The summed E-state index contributed by atoms with van der Waals surface area (Å²) in [6, 6.07) is 6.79. The van der Waals surface area contributed by atoms with Crippen molar-refractivity contribution in [2.75, 3.05) is 13.1 Å². The quantitative estimate of drug-likeness (QED) is 0.716. The van der Waals surface area contributed by atoms with Crippen molar-refractivity contribution in [2.24, 2.45) is 11.7 Å². The molecule has 1 aliphatic rings. The van der Waals surface area contributed by atoms with E-state index in [9.17, 15) is 9.59 Å². The molecular weight excluding hydrogens is 278 g/mol. The van der Waals surface area contributed by atoms with Crippen LogP contribution in [0.3, 0.4) is 0 Å². The molecule has 1 saturated carbocycles. The molecule has 4 N–H and O–H groups in total. The van der Waals surface area contributed by atoms with Gasteiger partial charge in [-0.25, -0.2) is 0 Å². The van der Waals surface area contributed by atoms with E-state index in [1.54, 1.807) is 24.3 Å². The molecule has 0 saturated heterocycles. The molecule has 1 aromatic rings. The van der Waals surface area contributed by atoms with Crippen LogP contribution in [0.1, 0.15) is 53.8 Å². The number of nitrogens with one attached hydrogen (secondary N) is 2. The van der Waals surface area contributed by atoms with E-state index in [4.69, 9.17) is 5.73 Å². The molecule has 0 radical (unpaired) electrons. The highest BCUT2D eigenvalue weighted by Crippen LogP contribution is 2.39. The second-order valence-corrected chi connectivity index (χ2v) is 6.19. The van der Waals surface area contributed by atoms with E-state index in [-0.39, 0.29) is 17.4 Å². The minimum Gasteiger partial charge on any atom is -0.352 e. The van der Waals surface area contributed by atoms with Crippen molar-refractivity contribution in [3.63, 3.8) is 0 Å². The average molecular weight is 303 g/mol. The third kappa shape index (κ3) is 3.85. The van der Waals surface area contributed by atoms with Crippen molar-refractivity contribution < 1.29 is 9.59 Å². The van der Waals surface area contributed by atoms with Gasteiger partial charge in [0.25, 0.3) is 11.8 Å². The van der Waals surface area contributed by atoms with Crippen LogP contribution in [0.5, 0.6) is 0 Å². The zero-order valence-electron chi connectivity index (χ0n) is 13.3. The Kier molecular flexibility index (Phi) is 5.19. The third-order valence-electron chi connectivity index (χ3n) is 4.22. The summed E-state index contributed by atoms with van der Waals surface area (Å²) in [6.07, 6.45) is 3.09. The standard InChI is InChI=1S/C17H25N3O2/c1-3-9-19-15(21)12-5-4-6-13(10-12)16(22)20-17(2,11-18)14-7-8-14/h4-6,10,14H,3,7-9,11,18H2,1-2H3,(H,19,21)(H,20,22). The lowest BCUT2D eigenvalue weighted by Crippen LogP contribution is -2.53. The molecule has 0 aromatic heterocycles. The van der Waals surface area contributed by atoms with Gasteiger partial charge in [0, 0.05) is 24.2 Å². The number of amides is 2. The van der Waals surface area contributed by atoms with E-state index in [1.165, 1.54) is 0 Å². The van der Waals surface area contributed by atoms with Crippen LogP contribution in [-0.2, 0) is 0 Å². The van der Waals surface area contributed by atoms with E-state index in [0.717, 1.165) is 19.3 Å². The van der Waals surface area contributed by atoms with Gasteiger partial charge in [0.1, 0.15) is 0 Å². The Labute approximate surface area is 131 Å². The number of benzene rings is 1. The summed E-state index contributed by atoms with van der Waals surface area (Å²) in [5.41, 5.74) is 6.46. The third-order valence-corrected chi connectivity index (χ3v) is 4.22. The molecule has 5 nitrogen and oxygen atoms in total. The second kappa shape index (κ2) is 6.92. The normalized spacial score (nSPS) is 16.7. The van der Waals surface area contributed by atoms with Gasteiger partial charge in [0.2, 0.25) is 0 Å². The molecule has 1 aromatic carbocycles. The summed E-state index contributed by atoms with van der Waals surface area (Å²) < 4.78 is 0. The van der Waals surface area contributed by atoms with Crippen molar-refractivity contribution in [2.45, 2.75) is 38.6 Å². The Morgan fingerprint density at radius 2 is 1.91 bits per heavy atom. The first-order valence-electron chi connectivity index (χ1n) is 7.91. The zero-order chi connectivity index (χ0) is 16.2. The number of rotatable bonds is 7. The maximum Gasteiger partial charge on any atom is 0.251 e. The van der Waals surface area contributed by atoms with Gasteiger partial charge in [-0.2, -0.15) is 0 Å². The number of hydrogen-bond acceptors (Lipinski definition) is 3. The van der Waals surface area contributed by atoms with Gasteiger partial charge in [0.15, 0.2) is 0 Å². The van der Waals surface area contributed by atoms with Crippen molar-refractivity contribution in [1.29, 1.82) is 0 Å². The van der Waals surface area contributed by atoms with E-state index in [2.05, 4.69) is 10.6 Å². The van der Waals surface area contributed by atoms with Crippen molar-refractivity contribution in [3.05, 3.63) is 35.4 Å². The predicted molar refractivity (Wildman–Crippen MR) is 86.7 cm³/mol. The van der Waals surface area contributed by atoms with Crippen LogP contribution in [0.2, 0.25) is 0 Å². The first kappa shape index (κ1) is 16.5. The fraction of sp³-hybridized carbons (Fsp3) is 0.529. The highest BCUT2D eigenvalue weighted by molar-refractivity contribution is 5.99. The lowest BCUT2D eigenvalue weighted by molar-refractivity contribution is 0.0898. The number of carbonyl (C=O) groups is 2. The topological polar surface area (TPSA) is 84.2 Å². The van der Waals surface area contributed by atoms with Gasteiger partial charge >= 0.3 is 0 Å². The van der Waals surface area contributed by atoms with Crippen LogP contribution in [-0.4, -0.2) is 30.4 Å². The lowest BCUT2D eigenvalue weighted by Gasteiger charge is -2.29. The van der Waals surface area contributed by atoms with E-state index < -0.39 is 0 Å². The number of carbonyl (C=O) groups excluding carboxylic acids is 2. The highest BCUT2D eigenvalue weighted by Gasteiger charge is 2.41. The zero-order valence-corrected chi connectivity index (χ0v) is 13.3. The highest BCUT2D eigenvalue weighted by atomic mass is 16.2. The fourth-order valence-corrected chi connectivity index (χ4v) is 2.51. The molecule has 120 valence electrons. The molecule has 0 bridgehead atoms. The molecule has 0 aliphatic heterocycles. The summed E-state index contributed by atoms with van der Waals surface area (Å²) >= 11 is 0. The Bertz CT molecular complexity index is 555. The maximum absolute atomic E-state index is 12.4. The van der Waals surface area contributed by atoms with Gasteiger partial charge in [-0.15, -0.1) is 0 Å². The summed E-state index contributed by atoms with van der Waals surface area (Å²) in [7, 11) is 0. The molecular formula is C17H25N3O2. The first-order valence-corrected chi connectivity index (χ1v) is 7.91. The summed E-state index contributed by atoms with van der Waals surface area (Å²) in [6.45, 7) is 5.03. The minimum atomic E-state index is -0.364. The smallest absolute Gasteiger partial charge is 0.251 e. The van der Waals surface area contributed by atoms with Gasteiger partial charge in [0.05, 0.1) is 5.54 Å². The summed E-state index contributed by atoms with van der Waals surface area (Å²) in [4.78, 5) is 24.4. The van der Waals surface area contributed by atoms with Crippen LogP contribution in [0.4, 0.5) is 0 Å². The van der Waals surface area contributed by atoms with Crippen LogP contribution in [0.15, 0.2) is 24.3 Å². The van der Waals surface area contributed by atoms with Gasteiger partial charge in [-0.1, -0.05) is 13.0 Å². The Hall–Kier alpha value is -1.88. The van der Waals surface area contributed by atoms with E-state index >= 15 is 0 Å². The fourth-order valence-electron chi connectivity index (χ4n) is 2.51. The molecule has 5 heteroatoms. The molecule has 1 aliphatic carbocycles. The van der Waals surface area contributed by atoms with Crippen LogP contribution in [0.25, 0.3) is 0 Å². The Morgan fingerprint density at radius 1 is 1.27 bits per heavy atom. The first-order chi connectivity index (χ1) is 10.5.